The van der Waals surface area contributed by atoms with Crippen LogP contribution in [0.5, 0.6) is 0 Å². The van der Waals surface area contributed by atoms with Gasteiger partial charge < -0.3 is 14.4 Å². The smallest absolute Gasteiger partial charge is 0.270 e. The molecule has 0 saturated carbocycles. The molecule has 27 heavy (non-hydrogen) atoms. The number of hydrogen-bond acceptors (Lipinski definition) is 6. The highest BCUT2D eigenvalue weighted by atomic mass is 35.5. The van der Waals surface area contributed by atoms with E-state index >= 15 is 0 Å². The molecule has 0 radical (unpaired) electrons. The number of H-pyrrole nitrogens is 1. The summed E-state index contributed by atoms with van der Waals surface area (Å²) in [5, 5.41) is 2.60. The minimum Gasteiger partial charge on any atom is -0.347 e. The Hall–Kier alpha value is -1.93. The second-order valence-electron chi connectivity index (χ2n) is 6.79. The molecule has 140 valence electrons. The molecule has 0 amide bonds. The van der Waals surface area contributed by atoms with Gasteiger partial charge in [0.1, 0.15) is 4.70 Å². The van der Waals surface area contributed by atoms with Gasteiger partial charge in [0.2, 0.25) is 5.95 Å². The van der Waals surface area contributed by atoms with E-state index in [9.17, 15) is 4.79 Å². The van der Waals surface area contributed by atoms with Crippen molar-refractivity contribution in [3.63, 3.8) is 0 Å². The van der Waals surface area contributed by atoms with Gasteiger partial charge in [-0.25, -0.2) is 4.98 Å². The summed E-state index contributed by atoms with van der Waals surface area (Å²) in [6.45, 7) is 2.74. The third-order valence-corrected chi connectivity index (χ3v) is 6.51. The van der Waals surface area contributed by atoms with Crippen molar-refractivity contribution in [2.24, 2.45) is 0 Å². The molecule has 2 saturated heterocycles. The Labute approximate surface area is 164 Å². The SMILES string of the molecule is O=c1[nH]c(N2CCC3(CC2)OCCO3)nc2c(-c3ccccc3Cl)csc12. The van der Waals surface area contributed by atoms with E-state index in [0.29, 0.717) is 34.4 Å². The summed E-state index contributed by atoms with van der Waals surface area (Å²) >= 11 is 7.76. The molecular formula is C19H18ClN3O3S. The average molecular weight is 404 g/mol. The Kier molecular flexibility index (Phi) is 4.20. The zero-order valence-electron chi connectivity index (χ0n) is 14.5. The van der Waals surface area contributed by atoms with Gasteiger partial charge in [0.15, 0.2) is 5.79 Å². The molecule has 4 heterocycles. The molecule has 8 heteroatoms. The molecule has 1 spiro atoms. The number of nitrogens with one attached hydrogen (secondary N) is 1. The number of thiophene rings is 1. The first-order valence-electron chi connectivity index (χ1n) is 8.94. The van der Waals surface area contributed by atoms with Crippen molar-refractivity contribution in [3.05, 3.63) is 45.0 Å². The van der Waals surface area contributed by atoms with Crippen molar-refractivity contribution in [3.8, 4) is 11.1 Å². The van der Waals surface area contributed by atoms with Crippen LogP contribution in [0.15, 0.2) is 34.4 Å². The molecule has 0 atom stereocenters. The minimum atomic E-state index is -0.452. The molecular weight excluding hydrogens is 386 g/mol. The Balaban J connectivity index is 1.52. The topological polar surface area (TPSA) is 67.5 Å². The van der Waals surface area contributed by atoms with E-state index in [1.807, 2.05) is 29.6 Å². The zero-order valence-corrected chi connectivity index (χ0v) is 16.1. The van der Waals surface area contributed by atoms with Crippen molar-refractivity contribution in [1.82, 2.24) is 9.97 Å². The second kappa shape index (κ2) is 6.60. The number of halogens is 1. The molecule has 2 fully saturated rings. The summed E-state index contributed by atoms with van der Waals surface area (Å²) in [6.07, 6.45) is 1.52. The van der Waals surface area contributed by atoms with Crippen LogP contribution in [-0.2, 0) is 9.47 Å². The number of rotatable bonds is 2. The van der Waals surface area contributed by atoms with Gasteiger partial charge in [-0.2, -0.15) is 0 Å². The fourth-order valence-electron chi connectivity index (χ4n) is 3.78. The monoisotopic (exact) mass is 403 g/mol. The molecule has 2 aromatic heterocycles. The molecule has 0 unspecified atom stereocenters. The third kappa shape index (κ3) is 2.95. The highest BCUT2D eigenvalue weighted by Crippen LogP contribution is 2.36. The van der Waals surface area contributed by atoms with E-state index in [1.54, 1.807) is 0 Å². The second-order valence-corrected chi connectivity index (χ2v) is 8.08. The molecule has 1 N–H and O–H groups in total. The molecule has 1 aromatic carbocycles. The highest BCUT2D eigenvalue weighted by Gasteiger charge is 2.40. The van der Waals surface area contributed by atoms with E-state index in [2.05, 4.69) is 9.88 Å². The number of anilines is 1. The van der Waals surface area contributed by atoms with E-state index < -0.39 is 5.79 Å². The van der Waals surface area contributed by atoms with Gasteiger partial charge in [-0.05, 0) is 6.07 Å². The maximum absolute atomic E-state index is 12.6. The fourth-order valence-corrected chi connectivity index (χ4v) is 4.92. The standard InChI is InChI=1S/C19H18ClN3O3S/c20-14-4-2-1-3-12(14)13-11-27-16-15(13)21-18(22-17(16)24)23-7-5-19(6-8-23)25-9-10-26-19/h1-4,11H,5-10H2,(H,21,22,24). The molecule has 3 aromatic rings. The quantitative estimate of drug-likeness (QED) is 0.707. The number of nitrogens with zero attached hydrogens (tertiary/aromatic N) is 2. The van der Waals surface area contributed by atoms with E-state index in [0.717, 1.165) is 37.1 Å². The Bertz CT molecular complexity index is 1050. The number of hydrogen-bond donors (Lipinski definition) is 1. The van der Waals surface area contributed by atoms with Gasteiger partial charge >= 0.3 is 0 Å². The maximum atomic E-state index is 12.6. The largest absolute Gasteiger partial charge is 0.347 e. The van der Waals surface area contributed by atoms with Gasteiger partial charge in [-0.15, -0.1) is 11.3 Å². The van der Waals surface area contributed by atoms with Gasteiger partial charge in [0.05, 0.1) is 18.7 Å². The molecule has 0 bridgehead atoms. The molecule has 2 aliphatic heterocycles. The fraction of sp³-hybridized carbons (Fsp3) is 0.368. The average Bonchev–Trinajstić information content (AvgIpc) is 3.31. The summed E-state index contributed by atoms with van der Waals surface area (Å²) in [6, 6.07) is 7.62. The van der Waals surface area contributed by atoms with Crippen LogP contribution in [0, 0.1) is 0 Å². The maximum Gasteiger partial charge on any atom is 0.270 e. The number of piperidine rings is 1. The first-order chi connectivity index (χ1) is 13.2. The lowest BCUT2D eigenvalue weighted by molar-refractivity contribution is -0.169. The van der Waals surface area contributed by atoms with E-state index in [1.165, 1.54) is 11.3 Å². The normalized spacial score (nSPS) is 19.2. The number of fused-ring (bicyclic) bond motifs is 1. The summed E-state index contributed by atoms with van der Waals surface area (Å²) in [7, 11) is 0. The highest BCUT2D eigenvalue weighted by molar-refractivity contribution is 7.17. The molecule has 5 rings (SSSR count). The van der Waals surface area contributed by atoms with Crippen molar-refractivity contribution in [2.45, 2.75) is 18.6 Å². The van der Waals surface area contributed by atoms with Crippen LogP contribution in [0.3, 0.4) is 0 Å². The number of benzene rings is 1. The van der Waals surface area contributed by atoms with Gasteiger partial charge in [-0.3, -0.25) is 9.78 Å². The van der Waals surface area contributed by atoms with Crippen molar-refractivity contribution in [2.75, 3.05) is 31.2 Å². The Morgan fingerprint density at radius 2 is 1.89 bits per heavy atom. The Morgan fingerprint density at radius 3 is 2.63 bits per heavy atom. The number of ether oxygens (including phenoxy) is 2. The van der Waals surface area contributed by atoms with Crippen molar-refractivity contribution >= 4 is 39.1 Å². The van der Waals surface area contributed by atoms with Crippen LogP contribution in [-0.4, -0.2) is 42.1 Å². The van der Waals surface area contributed by atoms with Crippen molar-refractivity contribution < 1.29 is 9.47 Å². The predicted octanol–water partition coefficient (Wildman–Crippen LogP) is 3.65. The lowest BCUT2D eigenvalue weighted by Crippen LogP contribution is -2.46. The number of aromatic nitrogens is 2. The number of aromatic amines is 1. The first-order valence-corrected chi connectivity index (χ1v) is 10.2. The lowest BCUT2D eigenvalue weighted by atomic mass is 10.0. The summed E-state index contributed by atoms with van der Waals surface area (Å²) in [5.41, 5.74) is 2.36. The zero-order chi connectivity index (χ0) is 18.4. The summed E-state index contributed by atoms with van der Waals surface area (Å²) < 4.78 is 12.2. The van der Waals surface area contributed by atoms with E-state index in [4.69, 9.17) is 26.1 Å². The van der Waals surface area contributed by atoms with Crippen molar-refractivity contribution in [1.29, 1.82) is 0 Å². The van der Waals surface area contributed by atoms with Crippen LogP contribution >= 0.6 is 22.9 Å². The van der Waals surface area contributed by atoms with Crippen LogP contribution in [0.1, 0.15) is 12.8 Å². The van der Waals surface area contributed by atoms with Gasteiger partial charge in [-0.1, -0.05) is 29.8 Å². The van der Waals surface area contributed by atoms with Gasteiger partial charge in [0, 0.05) is 47.5 Å². The molecule has 2 aliphatic rings. The van der Waals surface area contributed by atoms with Crippen LogP contribution < -0.4 is 10.5 Å². The van der Waals surface area contributed by atoms with Gasteiger partial charge in [0.25, 0.3) is 5.56 Å². The predicted molar refractivity (Wildman–Crippen MR) is 107 cm³/mol. The third-order valence-electron chi connectivity index (χ3n) is 5.22. The lowest BCUT2D eigenvalue weighted by Gasteiger charge is -2.37. The molecule has 0 aliphatic carbocycles. The Morgan fingerprint density at radius 1 is 1.15 bits per heavy atom. The minimum absolute atomic E-state index is 0.119. The first kappa shape index (κ1) is 17.2. The van der Waals surface area contributed by atoms with Crippen LogP contribution in [0.4, 0.5) is 5.95 Å². The van der Waals surface area contributed by atoms with E-state index in [-0.39, 0.29) is 5.56 Å². The van der Waals surface area contributed by atoms with Crippen LogP contribution in [0.25, 0.3) is 21.3 Å². The summed E-state index contributed by atoms with van der Waals surface area (Å²) in [5.74, 6) is 0.137. The van der Waals surface area contributed by atoms with Crippen LogP contribution in [0.2, 0.25) is 5.02 Å². The molecule has 6 nitrogen and oxygen atoms in total. The summed E-state index contributed by atoms with van der Waals surface area (Å²) in [4.78, 5) is 22.4.